The molecular weight excluding hydrogens is 577 g/mol. The molecule has 1 fully saturated rings. The molecule has 0 spiro atoms. The lowest BCUT2D eigenvalue weighted by Gasteiger charge is -2.38. The third-order valence-electron chi connectivity index (χ3n) is 7.95. The van der Waals surface area contributed by atoms with E-state index in [1.165, 1.54) is 0 Å². The maximum Gasteiger partial charge on any atom is 0.317 e. The first-order valence-corrected chi connectivity index (χ1v) is 14.2. The van der Waals surface area contributed by atoms with Crippen molar-refractivity contribution >= 4 is 51.8 Å². The number of rotatable bonds is 6. The van der Waals surface area contributed by atoms with Gasteiger partial charge in [-0.25, -0.2) is 0 Å². The van der Waals surface area contributed by atoms with Gasteiger partial charge in [-0.05, 0) is 60.5 Å². The highest BCUT2D eigenvalue weighted by Crippen LogP contribution is 2.48. The maximum absolute atomic E-state index is 12.3. The lowest BCUT2D eigenvalue weighted by atomic mass is 9.82. The summed E-state index contributed by atoms with van der Waals surface area (Å²) in [5, 5.41) is 17.1. The van der Waals surface area contributed by atoms with Crippen molar-refractivity contribution in [2.45, 2.75) is 12.8 Å². The zero-order valence-electron chi connectivity index (χ0n) is 22.9. The van der Waals surface area contributed by atoms with Crippen molar-refractivity contribution < 1.29 is 14.5 Å². The van der Waals surface area contributed by atoms with Crippen LogP contribution in [-0.4, -0.2) is 49.4 Å². The molecule has 2 aliphatic heterocycles. The minimum absolute atomic E-state index is 0.00814. The minimum atomic E-state index is -0.858. The number of nitrogens with one attached hydrogen (secondary N) is 1. The summed E-state index contributed by atoms with van der Waals surface area (Å²) in [5.41, 5.74) is 4.84. The van der Waals surface area contributed by atoms with E-state index in [0.29, 0.717) is 33.6 Å². The lowest BCUT2D eigenvalue weighted by molar-refractivity contribution is -0.432. The number of fused-ring (bicyclic) bond motifs is 2. The number of aryl methyl sites for hydroxylation is 1. The van der Waals surface area contributed by atoms with Crippen molar-refractivity contribution in [3.8, 4) is 5.75 Å². The van der Waals surface area contributed by atoms with Gasteiger partial charge < -0.3 is 19.9 Å². The second-order valence-electron chi connectivity index (χ2n) is 10.3. The Morgan fingerprint density at radius 3 is 2.43 bits per heavy atom. The second-order valence-corrected chi connectivity index (χ2v) is 11.1. The van der Waals surface area contributed by atoms with E-state index in [4.69, 9.17) is 27.9 Å². The van der Waals surface area contributed by atoms with E-state index < -0.39 is 10.8 Å². The predicted octanol–water partition coefficient (Wildman–Crippen LogP) is 6.18. The average molecular weight is 604 g/mol. The van der Waals surface area contributed by atoms with Crippen molar-refractivity contribution in [1.82, 2.24) is 10.3 Å². The number of benzene rings is 3. The summed E-state index contributed by atoms with van der Waals surface area (Å²) in [6.45, 7) is 4.98. The highest BCUT2D eigenvalue weighted by atomic mass is 35.5. The van der Waals surface area contributed by atoms with Crippen LogP contribution < -0.4 is 19.9 Å². The Morgan fingerprint density at radius 2 is 1.76 bits per heavy atom. The normalized spacial score (nSPS) is 16.7. The van der Waals surface area contributed by atoms with Crippen LogP contribution in [0.4, 0.5) is 11.4 Å². The fraction of sp³-hybridized carbons (Fsp3) is 0.226. The van der Waals surface area contributed by atoms with Crippen LogP contribution >= 0.6 is 23.2 Å². The Balaban J connectivity index is 1.29. The summed E-state index contributed by atoms with van der Waals surface area (Å²) >= 11 is 12.7. The van der Waals surface area contributed by atoms with E-state index in [-0.39, 0.29) is 22.4 Å². The Morgan fingerprint density at radius 1 is 1.05 bits per heavy atom. The average Bonchev–Trinajstić information content (AvgIpc) is 3.00. The van der Waals surface area contributed by atoms with Crippen LogP contribution in [0.5, 0.6) is 5.75 Å². The van der Waals surface area contributed by atoms with Crippen molar-refractivity contribution in [2.24, 2.45) is 0 Å². The van der Waals surface area contributed by atoms with Crippen LogP contribution in [0.15, 0.2) is 72.4 Å². The van der Waals surface area contributed by atoms with E-state index in [0.717, 1.165) is 48.5 Å². The molecule has 1 saturated heterocycles. The zero-order valence-corrected chi connectivity index (χ0v) is 24.4. The van der Waals surface area contributed by atoms with Crippen LogP contribution in [0.1, 0.15) is 33.0 Å². The van der Waals surface area contributed by atoms with Crippen LogP contribution in [-0.2, 0) is 0 Å². The van der Waals surface area contributed by atoms with Crippen LogP contribution in [0, 0.1) is 17.0 Å². The Labute approximate surface area is 252 Å². The largest absolute Gasteiger partial charge is 0.434 e. The van der Waals surface area contributed by atoms with E-state index >= 15 is 0 Å². The number of hydrogen-bond acceptors (Lipinski definition) is 8. The number of allylic oxidation sites excluding steroid dienone is 1. The second kappa shape index (κ2) is 11.2. The summed E-state index contributed by atoms with van der Waals surface area (Å²) in [7, 11) is 1.55. The zero-order chi connectivity index (χ0) is 29.5. The predicted molar refractivity (Wildman–Crippen MR) is 165 cm³/mol. The molecular formula is C31H27Cl2N5O4. The van der Waals surface area contributed by atoms with Gasteiger partial charge in [-0.2, -0.15) is 0 Å². The van der Waals surface area contributed by atoms with E-state index in [1.54, 1.807) is 20.0 Å². The number of carbonyl (C=O) groups excluding carboxylic acids is 1. The van der Waals surface area contributed by atoms with Crippen LogP contribution in [0.25, 0.3) is 10.9 Å². The number of halogens is 2. The van der Waals surface area contributed by atoms with E-state index in [9.17, 15) is 14.9 Å². The number of piperazine rings is 1. The quantitative estimate of drug-likeness (QED) is 0.158. The molecule has 214 valence electrons. The monoisotopic (exact) mass is 603 g/mol. The van der Waals surface area contributed by atoms with Gasteiger partial charge in [-0.1, -0.05) is 35.3 Å². The van der Waals surface area contributed by atoms with Gasteiger partial charge in [-0.15, -0.1) is 0 Å². The third kappa shape index (κ3) is 4.78. The van der Waals surface area contributed by atoms with Gasteiger partial charge >= 0.3 is 5.70 Å². The summed E-state index contributed by atoms with van der Waals surface area (Å²) in [5.74, 6) is -0.621. The number of nitrogens with zero attached hydrogens (tertiary/aromatic N) is 4. The Kier molecular flexibility index (Phi) is 7.38. The lowest BCUT2D eigenvalue weighted by Crippen LogP contribution is -2.46. The highest BCUT2D eigenvalue weighted by molar-refractivity contribution is 6.32. The molecule has 0 saturated carbocycles. The summed E-state index contributed by atoms with van der Waals surface area (Å²) in [6.07, 6.45) is 2.52. The van der Waals surface area contributed by atoms with Crippen molar-refractivity contribution in [1.29, 1.82) is 0 Å². The number of nitro groups is 1. The first-order valence-electron chi connectivity index (χ1n) is 13.5. The van der Waals surface area contributed by atoms with E-state index in [1.807, 2.05) is 54.7 Å². The molecule has 2 aliphatic rings. The number of carbonyl (C=O) groups is 1. The summed E-state index contributed by atoms with van der Waals surface area (Å²) in [6, 6.07) is 17.1. The first-order chi connectivity index (χ1) is 20.3. The number of aromatic nitrogens is 1. The molecule has 0 aliphatic carbocycles. The first kappa shape index (κ1) is 27.8. The third-order valence-corrected chi connectivity index (χ3v) is 8.47. The molecule has 0 amide bonds. The standard InChI is InChI=1S/C31H27Cl2N5O4/c1-18-15-24(33)30-28(23(18)17-39)27(29(38(40)41)31(34-2)42-30)19-3-6-21(7-4-19)36-11-13-37(14-12-36)26-9-10-35-25-16-20(32)5-8-22(25)26/h3-10,15-17,27,34H,11-14H2,1-2H3. The number of pyridine rings is 1. The molecule has 11 heteroatoms. The number of ether oxygens (including phenoxy) is 1. The van der Waals surface area contributed by atoms with Crippen LogP contribution in [0.2, 0.25) is 10.0 Å². The van der Waals surface area contributed by atoms with Crippen LogP contribution in [0.3, 0.4) is 0 Å². The molecule has 1 N–H and O–H groups in total. The maximum atomic E-state index is 12.3. The number of hydrogen-bond donors (Lipinski definition) is 1. The molecule has 4 aromatic rings. The molecule has 1 aromatic heterocycles. The summed E-state index contributed by atoms with van der Waals surface area (Å²) < 4.78 is 5.85. The van der Waals surface area contributed by atoms with E-state index in [2.05, 4.69) is 20.1 Å². The molecule has 3 heterocycles. The van der Waals surface area contributed by atoms with Gasteiger partial charge in [0.2, 0.25) is 0 Å². The molecule has 1 unspecified atom stereocenters. The molecule has 1 atom stereocenters. The molecule has 3 aromatic carbocycles. The van der Waals surface area contributed by atoms with Gasteiger partial charge in [0, 0.05) is 72.3 Å². The van der Waals surface area contributed by atoms with Gasteiger partial charge in [-0.3, -0.25) is 19.9 Å². The number of anilines is 2. The SMILES string of the molecule is CNC1=C([N+](=O)[O-])C(c2ccc(N3CCN(c4ccnc5cc(Cl)ccc45)CC3)cc2)c2c(C=O)c(C)cc(Cl)c2O1. The molecule has 0 radical (unpaired) electrons. The van der Waals surface area contributed by atoms with Crippen molar-refractivity contribution in [2.75, 3.05) is 43.0 Å². The minimum Gasteiger partial charge on any atom is -0.434 e. The van der Waals surface area contributed by atoms with Gasteiger partial charge in [0.1, 0.15) is 5.92 Å². The fourth-order valence-corrected chi connectivity index (χ4v) is 6.39. The fourth-order valence-electron chi connectivity index (χ4n) is 5.92. The molecule has 6 rings (SSSR count). The molecule has 0 bridgehead atoms. The van der Waals surface area contributed by atoms with Gasteiger partial charge in [0.25, 0.3) is 5.88 Å². The van der Waals surface area contributed by atoms with Crippen molar-refractivity contribution in [3.63, 3.8) is 0 Å². The topological polar surface area (TPSA) is 101 Å². The van der Waals surface area contributed by atoms with Gasteiger partial charge in [0.15, 0.2) is 12.0 Å². The smallest absolute Gasteiger partial charge is 0.317 e. The number of aldehydes is 1. The van der Waals surface area contributed by atoms with Crippen molar-refractivity contribution in [3.05, 3.63) is 115 Å². The molecule has 9 nitrogen and oxygen atoms in total. The summed E-state index contributed by atoms with van der Waals surface area (Å²) in [4.78, 5) is 33.1. The highest BCUT2D eigenvalue weighted by Gasteiger charge is 2.42. The molecule has 42 heavy (non-hydrogen) atoms. The Hall–Kier alpha value is -4.34. The van der Waals surface area contributed by atoms with Gasteiger partial charge in [0.05, 0.1) is 15.5 Å². The Bertz CT molecular complexity index is 1750.